The van der Waals surface area contributed by atoms with Crippen LogP contribution < -0.4 is 11.1 Å². The largest absolute Gasteiger partial charge is 0.398 e. The van der Waals surface area contributed by atoms with Crippen molar-refractivity contribution in [2.24, 2.45) is 5.92 Å². The molecule has 0 aliphatic heterocycles. The van der Waals surface area contributed by atoms with Crippen LogP contribution in [-0.2, 0) is 24.2 Å². The Kier molecular flexibility index (Phi) is 6.17. The summed E-state index contributed by atoms with van der Waals surface area (Å²) in [6.45, 7) is 0.380. The van der Waals surface area contributed by atoms with E-state index in [1.807, 2.05) is 18.2 Å². The van der Waals surface area contributed by atoms with E-state index in [-0.39, 0.29) is 17.6 Å². The van der Waals surface area contributed by atoms with Crippen LogP contribution in [0.5, 0.6) is 0 Å². The molecule has 1 unspecified atom stereocenters. The summed E-state index contributed by atoms with van der Waals surface area (Å²) in [6, 6.07) is 11.8. The van der Waals surface area contributed by atoms with Crippen LogP contribution in [0.2, 0.25) is 0 Å². The zero-order valence-electron chi connectivity index (χ0n) is 19.2. The van der Waals surface area contributed by atoms with E-state index >= 15 is 0 Å². The van der Waals surface area contributed by atoms with Crippen molar-refractivity contribution in [2.45, 2.75) is 25.8 Å². The Balaban J connectivity index is 1.37. The van der Waals surface area contributed by atoms with Crippen molar-refractivity contribution in [1.82, 2.24) is 14.9 Å². The predicted molar refractivity (Wildman–Crippen MR) is 138 cm³/mol. The molecule has 2 aromatic heterocycles. The molecule has 9 heteroatoms. The van der Waals surface area contributed by atoms with Crippen molar-refractivity contribution < 1.29 is 9.18 Å². The van der Waals surface area contributed by atoms with Crippen molar-refractivity contribution in [3.63, 3.8) is 0 Å². The monoisotopic (exact) mass is 488 g/mol. The Morgan fingerprint density at radius 2 is 2.17 bits per heavy atom. The van der Waals surface area contributed by atoms with Crippen LogP contribution in [0.4, 0.5) is 21.6 Å². The lowest BCUT2D eigenvalue weighted by Crippen LogP contribution is -2.35. The molecule has 35 heavy (non-hydrogen) atoms. The molecule has 7 nitrogen and oxygen atoms in total. The number of nitrogens with one attached hydrogen (secondary N) is 2. The van der Waals surface area contributed by atoms with E-state index in [2.05, 4.69) is 15.3 Å². The number of amides is 1. The molecule has 0 saturated heterocycles. The number of aryl methyl sites for hydroxylation is 1. The fourth-order valence-corrected chi connectivity index (χ4v) is 5.90. The molecule has 1 aliphatic carbocycles. The molecule has 0 spiro atoms. The van der Waals surface area contributed by atoms with Gasteiger partial charge < -0.3 is 21.4 Å². The van der Waals surface area contributed by atoms with Gasteiger partial charge in [-0.3, -0.25) is 4.79 Å². The summed E-state index contributed by atoms with van der Waals surface area (Å²) in [4.78, 5) is 25.9. The van der Waals surface area contributed by atoms with Crippen molar-refractivity contribution in [2.75, 3.05) is 18.1 Å². The highest BCUT2D eigenvalue weighted by Gasteiger charge is 2.30. The van der Waals surface area contributed by atoms with Crippen molar-refractivity contribution in [3.8, 4) is 0 Å². The van der Waals surface area contributed by atoms with Crippen molar-refractivity contribution >= 4 is 50.9 Å². The summed E-state index contributed by atoms with van der Waals surface area (Å²) in [5.74, 6) is 0.365. The number of benzene rings is 2. The number of nitrogens with zero attached hydrogens (tertiary/aromatic N) is 3. The lowest BCUT2D eigenvalue weighted by Gasteiger charge is -2.27. The number of fused-ring (bicyclic) bond motifs is 3. The average molecular weight is 489 g/mol. The second-order valence-electron chi connectivity index (χ2n) is 8.78. The Labute approximate surface area is 206 Å². The molecule has 2 heterocycles. The highest BCUT2D eigenvalue weighted by molar-refractivity contribution is 7.19. The maximum Gasteiger partial charge on any atom is 0.226 e. The highest BCUT2D eigenvalue weighted by atomic mass is 32.1. The Bertz CT molecular complexity index is 1430. The lowest BCUT2D eigenvalue weighted by atomic mass is 9.87. The first-order valence-corrected chi connectivity index (χ1v) is 12.2. The molecule has 4 N–H and O–H groups in total. The standard InChI is InChI=1S/C26H25FN6OS/c1-33(13-15-3-2-4-18(27)9-15)26(34)16-5-7-20-22(11-16)35-25-23(20)24(30-14-31-25)32-19-6-8-21(29)17(10-19)12-28/h2-4,6,8-10,12,14,16,28H,5,7,11,13,29H2,1H3,(H,30,31,32). The maximum absolute atomic E-state index is 13.5. The van der Waals surface area contributed by atoms with Crippen LogP contribution in [0.15, 0.2) is 48.8 Å². The van der Waals surface area contributed by atoms with Crippen LogP contribution >= 0.6 is 11.3 Å². The third-order valence-corrected chi connectivity index (χ3v) is 7.55. The van der Waals surface area contributed by atoms with E-state index in [0.29, 0.717) is 30.0 Å². The second-order valence-corrected chi connectivity index (χ2v) is 9.87. The molecule has 0 saturated carbocycles. The second kappa shape index (κ2) is 9.42. The normalized spacial score (nSPS) is 15.0. The van der Waals surface area contributed by atoms with Gasteiger partial charge in [0.2, 0.25) is 5.91 Å². The van der Waals surface area contributed by atoms with Crippen LogP contribution in [0.3, 0.4) is 0 Å². The number of hydrogen-bond donors (Lipinski definition) is 3. The number of nitrogen functional groups attached to an aromatic ring is 1. The van der Waals surface area contributed by atoms with Gasteiger partial charge in [0.05, 0.1) is 5.39 Å². The van der Waals surface area contributed by atoms with E-state index < -0.39 is 0 Å². The Hall–Kier alpha value is -3.85. The predicted octanol–water partition coefficient (Wildman–Crippen LogP) is 4.92. The number of carbonyl (C=O) groups excluding carboxylic acids is 1. The van der Waals surface area contributed by atoms with Crippen molar-refractivity contribution in [3.05, 3.63) is 76.2 Å². The van der Waals surface area contributed by atoms with Gasteiger partial charge in [-0.2, -0.15) is 0 Å². The highest BCUT2D eigenvalue weighted by Crippen LogP contribution is 2.41. The van der Waals surface area contributed by atoms with E-state index in [4.69, 9.17) is 11.1 Å². The molecular formula is C26H25FN6OS. The number of aromatic nitrogens is 2. The van der Waals surface area contributed by atoms with Gasteiger partial charge in [0.25, 0.3) is 0 Å². The first-order valence-electron chi connectivity index (χ1n) is 11.3. The van der Waals surface area contributed by atoms with Gasteiger partial charge in [-0.15, -0.1) is 11.3 Å². The summed E-state index contributed by atoms with van der Waals surface area (Å²) in [5, 5.41) is 11.9. The number of carbonyl (C=O) groups is 1. The van der Waals surface area contributed by atoms with E-state index in [1.54, 1.807) is 35.4 Å². The topological polar surface area (TPSA) is 108 Å². The minimum Gasteiger partial charge on any atom is -0.398 e. The number of nitrogens with two attached hydrogens (primary N) is 1. The van der Waals surface area contributed by atoms with E-state index in [1.165, 1.54) is 30.2 Å². The van der Waals surface area contributed by atoms with Crippen LogP contribution in [0.1, 0.15) is 28.0 Å². The minimum atomic E-state index is -0.297. The van der Waals surface area contributed by atoms with Crippen LogP contribution in [0, 0.1) is 17.1 Å². The Morgan fingerprint density at radius 1 is 1.31 bits per heavy atom. The van der Waals surface area contributed by atoms with Gasteiger partial charge >= 0.3 is 0 Å². The quantitative estimate of drug-likeness (QED) is 0.264. The minimum absolute atomic E-state index is 0.0721. The van der Waals surface area contributed by atoms with Gasteiger partial charge in [0.15, 0.2) is 0 Å². The van der Waals surface area contributed by atoms with Gasteiger partial charge in [-0.25, -0.2) is 14.4 Å². The van der Waals surface area contributed by atoms with Crippen LogP contribution in [0.25, 0.3) is 10.2 Å². The summed E-state index contributed by atoms with van der Waals surface area (Å²) < 4.78 is 13.5. The molecule has 2 aromatic carbocycles. The summed E-state index contributed by atoms with van der Waals surface area (Å²) in [6.07, 6.45) is 4.91. The molecule has 0 fully saturated rings. The van der Waals surface area contributed by atoms with Crippen molar-refractivity contribution in [1.29, 1.82) is 5.41 Å². The molecule has 0 radical (unpaired) electrons. The first-order chi connectivity index (χ1) is 16.9. The number of thiophene rings is 1. The molecule has 1 atom stereocenters. The molecular weight excluding hydrogens is 463 g/mol. The molecule has 4 aromatic rings. The number of hydrogen-bond acceptors (Lipinski definition) is 7. The fourth-order valence-electron chi connectivity index (χ4n) is 4.63. The average Bonchev–Trinajstić information content (AvgIpc) is 3.23. The third-order valence-electron chi connectivity index (χ3n) is 6.38. The van der Waals surface area contributed by atoms with Gasteiger partial charge in [0, 0.05) is 47.5 Å². The third kappa shape index (κ3) is 4.59. The van der Waals surface area contributed by atoms with Gasteiger partial charge in [-0.1, -0.05) is 12.1 Å². The Morgan fingerprint density at radius 3 is 2.97 bits per heavy atom. The zero-order chi connectivity index (χ0) is 24.5. The first kappa shape index (κ1) is 22.9. The SMILES string of the molecule is CN(Cc1cccc(F)c1)C(=O)C1CCc2c(sc3ncnc(Nc4ccc(N)c(C=N)c4)c23)C1. The number of anilines is 3. The molecule has 5 rings (SSSR count). The summed E-state index contributed by atoms with van der Waals surface area (Å²) in [7, 11) is 1.77. The molecule has 178 valence electrons. The number of halogens is 1. The fraction of sp³-hybridized carbons (Fsp3) is 0.231. The van der Waals surface area contributed by atoms with E-state index in [0.717, 1.165) is 39.2 Å². The smallest absolute Gasteiger partial charge is 0.226 e. The lowest BCUT2D eigenvalue weighted by molar-refractivity contribution is -0.135. The summed E-state index contributed by atoms with van der Waals surface area (Å²) >= 11 is 1.61. The van der Waals surface area contributed by atoms with Gasteiger partial charge in [-0.05, 0) is 60.7 Å². The molecule has 0 bridgehead atoms. The maximum atomic E-state index is 13.5. The molecule has 1 amide bonds. The van der Waals surface area contributed by atoms with Gasteiger partial charge in [0.1, 0.15) is 22.8 Å². The zero-order valence-corrected chi connectivity index (χ0v) is 20.0. The summed E-state index contributed by atoms with van der Waals surface area (Å²) in [5.41, 5.74) is 9.85. The molecule has 1 aliphatic rings. The van der Waals surface area contributed by atoms with E-state index in [9.17, 15) is 9.18 Å². The number of rotatable bonds is 6. The van der Waals surface area contributed by atoms with Crippen LogP contribution in [-0.4, -0.2) is 34.0 Å².